The Labute approximate surface area is 60.7 Å². The van der Waals surface area contributed by atoms with Crippen LogP contribution in [0.25, 0.3) is 0 Å². The molecule has 0 N–H and O–H groups in total. The molecule has 0 spiro atoms. The zero-order valence-electron chi connectivity index (χ0n) is 5.99. The van der Waals surface area contributed by atoms with Crippen LogP contribution in [-0.4, -0.2) is 26.2 Å². The van der Waals surface area contributed by atoms with Crippen LogP contribution >= 0.6 is 0 Å². The lowest BCUT2D eigenvalue weighted by atomic mass is 10.4. The molecule has 0 aromatic carbocycles. The van der Waals surface area contributed by atoms with Crippen molar-refractivity contribution in [3.8, 4) is 0 Å². The van der Waals surface area contributed by atoms with Crippen molar-refractivity contribution in [2.45, 2.75) is 6.92 Å². The maximum atomic E-state index is 10.6. The fourth-order valence-electron chi connectivity index (χ4n) is 0.492. The number of rotatable bonds is 3. The highest BCUT2D eigenvalue weighted by atomic mass is 32.2. The maximum absolute atomic E-state index is 10.6. The molecule has 0 saturated heterocycles. The van der Waals surface area contributed by atoms with Gasteiger partial charge in [0.05, 0.1) is 0 Å². The van der Waals surface area contributed by atoms with Gasteiger partial charge in [-0.3, -0.25) is 4.79 Å². The molecule has 0 unspecified atom stereocenters. The fourth-order valence-corrected chi connectivity index (χ4v) is 1.11. The molecule has 0 aliphatic carbocycles. The molecule has 0 heterocycles. The molecular weight excluding hydrogens is 152 g/mol. The standard InChI is InChI=1S/C6H10O3S/c1-3-4-6(7)5-10(2,8)9/h3-4H,5H2,1-2H3. The topological polar surface area (TPSA) is 51.2 Å². The highest BCUT2D eigenvalue weighted by Gasteiger charge is 2.06. The van der Waals surface area contributed by atoms with E-state index >= 15 is 0 Å². The van der Waals surface area contributed by atoms with Gasteiger partial charge in [-0.05, 0) is 13.0 Å². The molecule has 0 aromatic heterocycles. The van der Waals surface area contributed by atoms with Crippen LogP contribution < -0.4 is 0 Å². The van der Waals surface area contributed by atoms with Crippen molar-refractivity contribution < 1.29 is 13.2 Å². The lowest BCUT2D eigenvalue weighted by Crippen LogP contribution is -2.11. The van der Waals surface area contributed by atoms with Gasteiger partial charge in [0.15, 0.2) is 15.6 Å². The van der Waals surface area contributed by atoms with Gasteiger partial charge in [-0.15, -0.1) is 0 Å². The summed E-state index contributed by atoms with van der Waals surface area (Å²) < 4.78 is 20.9. The zero-order chi connectivity index (χ0) is 8.20. The largest absolute Gasteiger partial charge is 0.294 e. The summed E-state index contributed by atoms with van der Waals surface area (Å²) in [4.78, 5) is 10.6. The van der Waals surface area contributed by atoms with E-state index in [4.69, 9.17) is 0 Å². The number of hydrogen-bond acceptors (Lipinski definition) is 3. The Balaban J connectivity index is 4.07. The molecule has 0 aliphatic heterocycles. The van der Waals surface area contributed by atoms with Crippen molar-refractivity contribution >= 4 is 15.6 Å². The van der Waals surface area contributed by atoms with Crippen LogP contribution in [0, 0.1) is 0 Å². The van der Waals surface area contributed by atoms with Gasteiger partial charge < -0.3 is 0 Å². The SMILES string of the molecule is CC=CC(=O)CS(C)(=O)=O. The molecule has 0 saturated carbocycles. The second kappa shape index (κ2) is 3.51. The molecule has 0 radical (unpaired) electrons. The minimum Gasteiger partial charge on any atom is -0.294 e. The summed E-state index contributed by atoms with van der Waals surface area (Å²) >= 11 is 0. The zero-order valence-corrected chi connectivity index (χ0v) is 6.81. The smallest absolute Gasteiger partial charge is 0.170 e. The van der Waals surface area contributed by atoms with Gasteiger partial charge in [0.1, 0.15) is 5.75 Å². The summed E-state index contributed by atoms with van der Waals surface area (Å²) in [5.74, 6) is -0.762. The van der Waals surface area contributed by atoms with Gasteiger partial charge in [0.25, 0.3) is 0 Å². The van der Waals surface area contributed by atoms with Crippen LogP contribution in [0.2, 0.25) is 0 Å². The second-order valence-corrected chi connectivity index (χ2v) is 4.18. The van der Waals surface area contributed by atoms with Gasteiger partial charge in [-0.2, -0.15) is 0 Å². The predicted octanol–water partition coefficient (Wildman–Crippen LogP) is 0.176. The molecular formula is C6H10O3S. The monoisotopic (exact) mass is 162 g/mol. The Kier molecular flexibility index (Phi) is 3.28. The maximum Gasteiger partial charge on any atom is 0.170 e. The van der Waals surface area contributed by atoms with E-state index in [2.05, 4.69) is 0 Å². The van der Waals surface area contributed by atoms with Crippen molar-refractivity contribution in [1.82, 2.24) is 0 Å². The van der Waals surface area contributed by atoms with Crippen LogP contribution in [-0.2, 0) is 14.6 Å². The summed E-state index contributed by atoms with van der Waals surface area (Å²) in [6, 6.07) is 0. The molecule has 3 nitrogen and oxygen atoms in total. The number of ketones is 1. The predicted molar refractivity (Wildman–Crippen MR) is 39.5 cm³/mol. The molecule has 0 amide bonds. The lowest BCUT2D eigenvalue weighted by Gasteiger charge is -1.89. The Morgan fingerprint density at radius 3 is 2.30 bits per heavy atom. The first-order chi connectivity index (χ1) is 4.45. The third-order valence-electron chi connectivity index (χ3n) is 0.757. The highest BCUT2D eigenvalue weighted by molar-refractivity contribution is 7.91. The first-order valence-corrected chi connectivity index (χ1v) is 4.85. The number of hydrogen-bond donors (Lipinski definition) is 0. The molecule has 0 fully saturated rings. The summed E-state index contributed by atoms with van der Waals surface area (Å²) in [6.07, 6.45) is 3.81. The third kappa shape index (κ3) is 5.50. The number of allylic oxidation sites excluding steroid dienone is 2. The molecule has 0 aliphatic rings. The van der Waals surface area contributed by atoms with E-state index in [0.29, 0.717) is 0 Å². The van der Waals surface area contributed by atoms with Gasteiger partial charge >= 0.3 is 0 Å². The summed E-state index contributed by atoms with van der Waals surface area (Å²) in [7, 11) is -3.15. The van der Waals surface area contributed by atoms with Crippen LogP contribution in [0.1, 0.15) is 6.92 Å². The van der Waals surface area contributed by atoms with Crippen LogP contribution in [0.3, 0.4) is 0 Å². The van der Waals surface area contributed by atoms with E-state index in [0.717, 1.165) is 6.26 Å². The fraction of sp³-hybridized carbons (Fsp3) is 0.500. The summed E-state index contributed by atoms with van der Waals surface area (Å²) in [5.41, 5.74) is 0. The van der Waals surface area contributed by atoms with E-state index < -0.39 is 15.6 Å². The number of carbonyl (C=O) groups is 1. The molecule has 10 heavy (non-hydrogen) atoms. The van der Waals surface area contributed by atoms with Gasteiger partial charge in [0.2, 0.25) is 0 Å². The Morgan fingerprint density at radius 1 is 1.50 bits per heavy atom. The number of sulfone groups is 1. The van der Waals surface area contributed by atoms with E-state index in [-0.39, 0.29) is 5.78 Å². The van der Waals surface area contributed by atoms with Gasteiger partial charge in [0, 0.05) is 6.26 Å². The highest BCUT2D eigenvalue weighted by Crippen LogP contribution is 1.85. The van der Waals surface area contributed by atoms with Crippen LogP contribution in [0.15, 0.2) is 12.2 Å². The Morgan fingerprint density at radius 2 is 2.00 bits per heavy atom. The number of carbonyl (C=O) groups excluding carboxylic acids is 1. The van der Waals surface area contributed by atoms with E-state index in [1.165, 1.54) is 12.2 Å². The van der Waals surface area contributed by atoms with Crippen molar-refractivity contribution in [3.05, 3.63) is 12.2 Å². The van der Waals surface area contributed by atoms with Gasteiger partial charge in [-0.1, -0.05) is 6.08 Å². The summed E-state index contributed by atoms with van der Waals surface area (Å²) in [5, 5.41) is 0. The summed E-state index contributed by atoms with van der Waals surface area (Å²) in [6.45, 7) is 1.67. The Hall–Kier alpha value is -0.640. The van der Waals surface area contributed by atoms with Crippen molar-refractivity contribution in [2.24, 2.45) is 0 Å². The molecule has 0 bridgehead atoms. The molecule has 0 rings (SSSR count). The quantitative estimate of drug-likeness (QED) is 0.556. The first-order valence-electron chi connectivity index (χ1n) is 2.79. The van der Waals surface area contributed by atoms with E-state index in [1.807, 2.05) is 0 Å². The third-order valence-corrected chi connectivity index (χ3v) is 1.57. The van der Waals surface area contributed by atoms with Crippen molar-refractivity contribution in [1.29, 1.82) is 0 Å². The van der Waals surface area contributed by atoms with Crippen LogP contribution in [0.4, 0.5) is 0 Å². The first kappa shape index (κ1) is 9.36. The second-order valence-electron chi connectivity index (χ2n) is 2.04. The van der Waals surface area contributed by atoms with Crippen molar-refractivity contribution in [3.63, 3.8) is 0 Å². The average Bonchev–Trinajstić information content (AvgIpc) is 1.59. The van der Waals surface area contributed by atoms with E-state index in [1.54, 1.807) is 6.92 Å². The van der Waals surface area contributed by atoms with E-state index in [9.17, 15) is 13.2 Å². The minimum absolute atomic E-state index is 0.370. The minimum atomic E-state index is -3.15. The molecule has 58 valence electrons. The molecule has 0 atom stereocenters. The normalized spacial score (nSPS) is 12.2. The lowest BCUT2D eigenvalue weighted by molar-refractivity contribution is -0.112. The molecule has 0 aromatic rings. The molecule has 4 heteroatoms. The van der Waals surface area contributed by atoms with Crippen molar-refractivity contribution in [2.75, 3.05) is 12.0 Å². The Bertz CT molecular complexity index is 236. The van der Waals surface area contributed by atoms with Crippen LogP contribution in [0.5, 0.6) is 0 Å². The average molecular weight is 162 g/mol. The van der Waals surface area contributed by atoms with Gasteiger partial charge in [-0.25, -0.2) is 8.42 Å².